The number of hydrogen-bond donors (Lipinski definition) is 3. The molecule has 2 aromatic carbocycles. The molecule has 1 heterocycles. The lowest BCUT2D eigenvalue weighted by atomic mass is 9.83. The van der Waals surface area contributed by atoms with Gasteiger partial charge < -0.3 is 35.4 Å². The normalized spacial score (nSPS) is 17.6. The molecule has 1 aliphatic heterocycles. The van der Waals surface area contributed by atoms with Crippen LogP contribution in [0.2, 0.25) is 0 Å². The number of carbonyl (C=O) groups is 4. The van der Waals surface area contributed by atoms with E-state index >= 15 is 13.2 Å². The van der Waals surface area contributed by atoms with Crippen molar-refractivity contribution in [1.29, 1.82) is 0 Å². The molecule has 0 spiro atoms. The highest BCUT2D eigenvalue weighted by Gasteiger charge is 2.44. The molecule has 2 aromatic rings. The first kappa shape index (κ1) is 40.6. The molecule has 1 saturated carbocycles. The van der Waals surface area contributed by atoms with Gasteiger partial charge in [-0.3, -0.25) is 19.2 Å². The van der Waals surface area contributed by atoms with E-state index in [0.717, 1.165) is 31.4 Å². The molecular weight excluding hydrogens is 677 g/mol. The van der Waals surface area contributed by atoms with Crippen molar-refractivity contribution in [1.82, 2.24) is 25.3 Å². The van der Waals surface area contributed by atoms with E-state index in [-0.39, 0.29) is 23.9 Å². The number of benzene rings is 2. The summed E-state index contributed by atoms with van der Waals surface area (Å²) in [6.07, 6.45) is 3.69. The predicted octanol–water partition coefficient (Wildman–Crippen LogP) is 4.33. The van der Waals surface area contributed by atoms with Gasteiger partial charge in [0.05, 0.1) is 5.69 Å². The van der Waals surface area contributed by atoms with Crippen molar-refractivity contribution in [3.63, 3.8) is 0 Å². The first-order chi connectivity index (χ1) is 24.7. The minimum atomic E-state index is -3.95. The Hall–Kier alpha value is -4.17. The van der Waals surface area contributed by atoms with Crippen molar-refractivity contribution < 1.29 is 37.1 Å². The highest BCUT2D eigenvalue weighted by atomic mass is 19.3. The SMILES string of the molecule is CCC(=O)N[C@@H](C(=O)N1CCN(C)CC1)[C@@H](C)c1ccc(NC(=O)[C@@H](NC(=O)C(F)(F)c2ccc(OCCN(C)C)cc2)C2CCCCC2)c(F)c1. The van der Waals surface area contributed by atoms with Crippen LogP contribution in [0.15, 0.2) is 42.5 Å². The average Bonchev–Trinajstić information content (AvgIpc) is 3.13. The largest absolute Gasteiger partial charge is 0.492 e. The minimum Gasteiger partial charge on any atom is -0.492 e. The van der Waals surface area contributed by atoms with Gasteiger partial charge in [-0.15, -0.1) is 0 Å². The molecule has 14 heteroatoms. The number of hydrogen-bond acceptors (Lipinski definition) is 7. The number of alkyl halides is 2. The van der Waals surface area contributed by atoms with Gasteiger partial charge in [0.1, 0.15) is 30.3 Å². The molecule has 11 nitrogen and oxygen atoms in total. The minimum absolute atomic E-state index is 0.168. The molecule has 1 aliphatic carbocycles. The molecular formula is C38H53F3N6O5. The van der Waals surface area contributed by atoms with E-state index in [1.165, 1.54) is 24.3 Å². The fourth-order valence-electron chi connectivity index (χ4n) is 6.55. The van der Waals surface area contributed by atoms with Gasteiger partial charge in [0.25, 0.3) is 5.91 Å². The monoisotopic (exact) mass is 730 g/mol. The number of halogens is 3. The molecule has 52 heavy (non-hydrogen) atoms. The molecule has 0 unspecified atom stereocenters. The number of ether oxygens (including phenoxy) is 1. The number of amides is 4. The van der Waals surface area contributed by atoms with E-state index in [1.807, 2.05) is 26.0 Å². The smallest absolute Gasteiger partial charge is 0.349 e. The third-order valence-electron chi connectivity index (χ3n) is 9.99. The van der Waals surface area contributed by atoms with E-state index in [4.69, 9.17) is 4.74 Å². The van der Waals surface area contributed by atoms with Crippen molar-refractivity contribution in [2.45, 2.75) is 76.3 Å². The molecule has 3 N–H and O–H groups in total. The van der Waals surface area contributed by atoms with Gasteiger partial charge in [-0.2, -0.15) is 8.78 Å². The van der Waals surface area contributed by atoms with Gasteiger partial charge in [-0.25, -0.2) is 4.39 Å². The highest BCUT2D eigenvalue weighted by Crippen LogP contribution is 2.33. The lowest BCUT2D eigenvalue weighted by Crippen LogP contribution is -2.55. The summed E-state index contributed by atoms with van der Waals surface area (Å²) in [4.78, 5) is 58.5. The Bertz CT molecular complexity index is 1530. The Morgan fingerprint density at radius 3 is 2.21 bits per heavy atom. The third kappa shape index (κ3) is 10.7. The Morgan fingerprint density at radius 1 is 0.962 bits per heavy atom. The summed E-state index contributed by atoms with van der Waals surface area (Å²) in [6, 6.07) is 6.80. The van der Waals surface area contributed by atoms with Gasteiger partial charge in [0.2, 0.25) is 17.7 Å². The van der Waals surface area contributed by atoms with E-state index in [9.17, 15) is 19.2 Å². The predicted molar refractivity (Wildman–Crippen MR) is 193 cm³/mol. The van der Waals surface area contributed by atoms with Crippen LogP contribution in [-0.4, -0.2) is 111 Å². The van der Waals surface area contributed by atoms with Crippen LogP contribution in [0.1, 0.15) is 69.4 Å². The van der Waals surface area contributed by atoms with Crippen LogP contribution in [0.5, 0.6) is 5.75 Å². The molecule has 0 aromatic heterocycles. The summed E-state index contributed by atoms with van der Waals surface area (Å²) >= 11 is 0. The van der Waals surface area contributed by atoms with Crippen molar-refractivity contribution in [3.8, 4) is 5.75 Å². The fraction of sp³-hybridized carbons (Fsp3) is 0.579. The van der Waals surface area contributed by atoms with Gasteiger partial charge >= 0.3 is 5.92 Å². The van der Waals surface area contributed by atoms with Crippen LogP contribution >= 0.6 is 0 Å². The number of piperazine rings is 1. The summed E-state index contributed by atoms with van der Waals surface area (Å²) < 4.78 is 52.2. The summed E-state index contributed by atoms with van der Waals surface area (Å²) in [5.41, 5.74) is -0.333. The number of rotatable bonds is 15. The number of carbonyl (C=O) groups excluding carboxylic acids is 4. The molecule has 3 atom stereocenters. The van der Waals surface area contributed by atoms with Gasteiger partial charge in [-0.1, -0.05) is 39.2 Å². The maximum absolute atomic E-state index is 15.7. The molecule has 4 rings (SSSR count). The zero-order valence-corrected chi connectivity index (χ0v) is 30.9. The zero-order chi connectivity index (χ0) is 38.0. The fourth-order valence-corrected chi connectivity index (χ4v) is 6.55. The van der Waals surface area contributed by atoms with Crippen molar-refractivity contribution in [3.05, 3.63) is 59.4 Å². The van der Waals surface area contributed by atoms with Gasteiger partial charge in [0.15, 0.2) is 0 Å². The lowest BCUT2D eigenvalue weighted by Gasteiger charge is -2.36. The van der Waals surface area contributed by atoms with E-state index < -0.39 is 53.0 Å². The van der Waals surface area contributed by atoms with Crippen LogP contribution in [0, 0.1) is 11.7 Å². The summed E-state index contributed by atoms with van der Waals surface area (Å²) in [5, 5.41) is 7.61. The topological polar surface area (TPSA) is 123 Å². The molecule has 1 saturated heterocycles. The third-order valence-corrected chi connectivity index (χ3v) is 9.99. The average molecular weight is 731 g/mol. The van der Waals surface area contributed by atoms with Crippen molar-refractivity contribution in [2.75, 3.05) is 65.8 Å². The summed E-state index contributed by atoms with van der Waals surface area (Å²) in [5.74, 6) is -8.43. The first-order valence-corrected chi connectivity index (χ1v) is 18.1. The van der Waals surface area contributed by atoms with Gasteiger partial charge in [-0.05, 0) is 81.9 Å². The molecule has 286 valence electrons. The maximum Gasteiger partial charge on any atom is 0.349 e. The van der Waals surface area contributed by atoms with Gasteiger partial charge in [0, 0.05) is 50.6 Å². The Balaban J connectivity index is 1.49. The van der Waals surface area contributed by atoms with Crippen LogP contribution in [0.25, 0.3) is 0 Å². The van der Waals surface area contributed by atoms with Crippen LogP contribution in [0.3, 0.4) is 0 Å². The molecule has 2 fully saturated rings. The number of nitrogens with one attached hydrogen (secondary N) is 3. The van der Waals surface area contributed by atoms with Crippen LogP contribution in [0.4, 0.5) is 18.9 Å². The summed E-state index contributed by atoms with van der Waals surface area (Å²) in [7, 11) is 5.73. The van der Waals surface area contributed by atoms with E-state index in [0.29, 0.717) is 63.5 Å². The van der Waals surface area contributed by atoms with Crippen LogP contribution < -0.4 is 20.7 Å². The van der Waals surface area contributed by atoms with Crippen molar-refractivity contribution in [2.24, 2.45) is 5.92 Å². The van der Waals surface area contributed by atoms with Crippen LogP contribution in [-0.2, 0) is 25.1 Å². The Kier molecular flexibility index (Phi) is 14.5. The molecule has 0 bridgehead atoms. The standard InChI is InChI=1S/C38H53F3N6O5/c1-6-32(48)43-33(36(50)47-20-18-46(5)19-21-47)25(2)27-12-17-31(30(39)24-27)42-35(49)34(26-10-8-7-9-11-26)44-37(51)38(40,41)28-13-15-29(16-14-28)52-23-22-45(3)4/h12-17,24-26,33-34H,6-11,18-23H2,1-5H3,(H,42,49)(H,43,48)(H,44,51)/t25-,33+,34-/m0/s1. The number of likely N-dealkylation sites (N-methyl/N-ethyl adjacent to an activating group) is 2. The second-order valence-electron chi connectivity index (χ2n) is 14.1. The lowest BCUT2D eigenvalue weighted by molar-refractivity contribution is -0.149. The van der Waals surface area contributed by atoms with E-state index in [2.05, 4.69) is 20.9 Å². The summed E-state index contributed by atoms with van der Waals surface area (Å²) in [6.45, 7) is 6.79. The van der Waals surface area contributed by atoms with E-state index in [1.54, 1.807) is 24.8 Å². The van der Waals surface area contributed by atoms with Crippen molar-refractivity contribution >= 4 is 29.3 Å². The first-order valence-electron chi connectivity index (χ1n) is 18.1. The Morgan fingerprint density at radius 2 is 1.62 bits per heavy atom. The molecule has 2 aliphatic rings. The number of nitrogens with zero attached hydrogens (tertiary/aromatic N) is 3. The second-order valence-corrected chi connectivity index (χ2v) is 14.1. The molecule has 0 radical (unpaired) electrons. The Labute approximate surface area is 304 Å². The quantitative estimate of drug-likeness (QED) is 0.250. The maximum atomic E-state index is 15.7. The zero-order valence-electron chi connectivity index (χ0n) is 30.9. The highest BCUT2D eigenvalue weighted by molar-refractivity contribution is 5.98. The second kappa shape index (κ2) is 18.5. The molecule has 4 amide bonds. The number of anilines is 1.